The van der Waals surface area contributed by atoms with Crippen LogP contribution >= 0.6 is 11.6 Å². The number of rotatable bonds is 1. The molecule has 1 aliphatic rings. The maximum Gasteiger partial charge on any atom is 0.224 e. The van der Waals surface area contributed by atoms with E-state index in [1.807, 2.05) is 13.0 Å². The molecule has 2 heterocycles. The zero-order chi connectivity index (χ0) is 10.8. The molecule has 0 unspecified atom stereocenters. The summed E-state index contributed by atoms with van der Waals surface area (Å²) in [6.07, 6.45) is 0. The van der Waals surface area contributed by atoms with Crippen molar-refractivity contribution < 1.29 is 4.74 Å². The Morgan fingerprint density at radius 2 is 2.33 bits per heavy atom. The Morgan fingerprint density at radius 1 is 1.53 bits per heavy atom. The van der Waals surface area contributed by atoms with Gasteiger partial charge in [-0.3, -0.25) is 0 Å². The van der Waals surface area contributed by atoms with Gasteiger partial charge in [0.25, 0.3) is 0 Å². The van der Waals surface area contributed by atoms with E-state index in [0.717, 1.165) is 31.3 Å². The fraction of sp³-hybridized carbons (Fsp3) is 0.600. The number of hydrogen-bond acceptors (Lipinski definition) is 4. The molecule has 5 heteroatoms. The van der Waals surface area contributed by atoms with Crippen molar-refractivity contribution in [3.8, 4) is 0 Å². The van der Waals surface area contributed by atoms with Crippen molar-refractivity contribution in [3.63, 3.8) is 0 Å². The predicted molar refractivity (Wildman–Crippen MR) is 59.4 cm³/mol. The molecular weight excluding hydrogens is 214 g/mol. The van der Waals surface area contributed by atoms with E-state index in [1.54, 1.807) is 0 Å². The van der Waals surface area contributed by atoms with Crippen LogP contribution in [0, 0.1) is 6.92 Å². The van der Waals surface area contributed by atoms with Crippen LogP contribution in [-0.2, 0) is 4.74 Å². The third-order valence-corrected chi connectivity index (χ3v) is 2.64. The second-order valence-corrected chi connectivity index (χ2v) is 4.09. The Labute approximate surface area is 94.2 Å². The van der Waals surface area contributed by atoms with Crippen molar-refractivity contribution in [3.05, 3.63) is 17.0 Å². The van der Waals surface area contributed by atoms with Gasteiger partial charge in [0.05, 0.1) is 19.3 Å². The highest BCUT2D eigenvalue weighted by Gasteiger charge is 2.20. The first-order valence-corrected chi connectivity index (χ1v) is 5.40. The molecule has 1 aromatic rings. The molecule has 15 heavy (non-hydrogen) atoms. The Balaban J connectivity index is 2.27. The zero-order valence-corrected chi connectivity index (χ0v) is 9.66. The lowest BCUT2D eigenvalue weighted by molar-refractivity contribution is 0.0985. The smallest absolute Gasteiger partial charge is 0.224 e. The van der Waals surface area contributed by atoms with Gasteiger partial charge in [0.15, 0.2) is 0 Å². The van der Waals surface area contributed by atoms with E-state index in [-0.39, 0.29) is 0 Å². The Hall–Kier alpha value is -0.870. The number of ether oxygens (including phenoxy) is 1. The largest absolute Gasteiger partial charge is 0.377 e. The molecule has 0 N–H and O–H groups in total. The lowest BCUT2D eigenvalue weighted by Gasteiger charge is -2.34. The van der Waals surface area contributed by atoms with Gasteiger partial charge in [0.2, 0.25) is 5.28 Å². The highest BCUT2D eigenvalue weighted by molar-refractivity contribution is 6.28. The summed E-state index contributed by atoms with van der Waals surface area (Å²) in [4.78, 5) is 10.5. The van der Waals surface area contributed by atoms with Crippen LogP contribution in [0.4, 0.5) is 5.82 Å². The van der Waals surface area contributed by atoms with Crippen LogP contribution in [0.3, 0.4) is 0 Å². The molecule has 0 aromatic carbocycles. The number of aryl methyl sites for hydroxylation is 1. The summed E-state index contributed by atoms with van der Waals surface area (Å²) in [6, 6.07) is 2.29. The van der Waals surface area contributed by atoms with Crippen LogP contribution in [0.25, 0.3) is 0 Å². The van der Waals surface area contributed by atoms with Crippen LogP contribution in [0.2, 0.25) is 5.28 Å². The van der Waals surface area contributed by atoms with E-state index < -0.39 is 0 Å². The molecule has 4 nitrogen and oxygen atoms in total. The molecule has 0 saturated carbocycles. The molecule has 0 radical (unpaired) electrons. The standard InChI is InChI=1S/C10H14ClN3O/c1-7-5-9(13-10(11)12-7)14-3-4-15-6-8(14)2/h5,8H,3-4,6H2,1-2H3/t8-/m1/s1. The SMILES string of the molecule is Cc1cc(N2CCOC[C@H]2C)nc(Cl)n1. The van der Waals surface area contributed by atoms with Crippen LogP contribution in [0.15, 0.2) is 6.07 Å². The van der Waals surface area contributed by atoms with Gasteiger partial charge in [-0.05, 0) is 25.4 Å². The van der Waals surface area contributed by atoms with Crippen molar-refractivity contribution >= 4 is 17.4 Å². The number of anilines is 1. The van der Waals surface area contributed by atoms with E-state index in [1.165, 1.54) is 0 Å². The summed E-state index contributed by atoms with van der Waals surface area (Å²) >= 11 is 5.84. The number of hydrogen-bond donors (Lipinski definition) is 0. The Bertz CT molecular complexity index is 338. The van der Waals surface area contributed by atoms with Gasteiger partial charge in [-0.1, -0.05) is 0 Å². The minimum atomic E-state index is 0.309. The average molecular weight is 228 g/mol. The highest BCUT2D eigenvalue weighted by atomic mass is 35.5. The maximum atomic E-state index is 5.84. The first kappa shape index (κ1) is 10.6. The van der Waals surface area contributed by atoms with E-state index in [2.05, 4.69) is 21.8 Å². The summed E-state index contributed by atoms with van der Waals surface area (Å²) in [6.45, 7) is 6.37. The van der Waals surface area contributed by atoms with Gasteiger partial charge in [-0.25, -0.2) is 9.97 Å². The number of halogens is 1. The Kier molecular flexibility index (Phi) is 3.07. The first-order valence-electron chi connectivity index (χ1n) is 5.02. The second-order valence-electron chi connectivity index (χ2n) is 3.75. The minimum absolute atomic E-state index is 0.309. The van der Waals surface area contributed by atoms with E-state index in [4.69, 9.17) is 16.3 Å². The molecular formula is C10H14ClN3O. The monoisotopic (exact) mass is 227 g/mol. The number of morpholine rings is 1. The third-order valence-electron chi connectivity index (χ3n) is 2.48. The van der Waals surface area contributed by atoms with Gasteiger partial charge < -0.3 is 9.64 Å². The molecule has 0 aliphatic carbocycles. The van der Waals surface area contributed by atoms with Crippen LogP contribution in [-0.4, -0.2) is 35.8 Å². The Morgan fingerprint density at radius 3 is 3.00 bits per heavy atom. The van der Waals surface area contributed by atoms with E-state index >= 15 is 0 Å². The van der Waals surface area contributed by atoms with Crippen LogP contribution in [0.5, 0.6) is 0 Å². The fourth-order valence-corrected chi connectivity index (χ4v) is 1.95. The summed E-state index contributed by atoms with van der Waals surface area (Å²) < 4.78 is 5.38. The molecule has 1 saturated heterocycles. The van der Waals surface area contributed by atoms with Gasteiger partial charge >= 0.3 is 0 Å². The molecule has 1 aliphatic heterocycles. The van der Waals surface area contributed by atoms with Crippen molar-refractivity contribution in [2.75, 3.05) is 24.7 Å². The molecule has 1 fully saturated rings. The van der Waals surface area contributed by atoms with Crippen LogP contribution in [0.1, 0.15) is 12.6 Å². The van der Waals surface area contributed by atoms with Gasteiger partial charge in [0, 0.05) is 18.3 Å². The predicted octanol–water partition coefficient (Wildman–Crippen LogP) is 1.66. The number of aromatic nitrogens is 2. The quantitative estimate of drug-likeness (QED) is 0.684. The molecule has 2 rings (SSSR count). The third kappa shape index (κ3) is 2.38. The minimum Gasteiger partial charge on any atom is -0.377 e. The summed E-state index contributed by atoms with van der Waals surface area (Å²) in [7, 11) is 0. The van der Waals surface area contributed by atoms with Gasteiger partial charge in [0.1, 0.15) is 5.82 Å². The van der Waals surface area contributed by atoms with E-state index in [9.17, 15) is 0 Å². The van der Waals surface area contributed by atoms with Crippen molar-refractivity contribution in [1.29, 1.82) is 0 Å². The summed E-state index contributed by atoms with van der Waals surface area (Å²) in [5, 5.41) is 0.309. The first-order chi connectivity index (χ1) is 7.16. The van der Waals surface area contributed by atoms with Gasteiger partial charge in [-0.15, -0.1) is 0 Å². The highest BCUT2D eigenvalue weighted by Crippen LogP contribution is 2.19. The molecule has 0 amide bonds. The summed E-state index contributed by atoms with van der Waals surface area (Å²) in [5.74, 6) is 0.892. The van der Waals surface area contributed by atoms with Crippen molar-refractivity contribution in [2.45, 2.75) is 19.9 Å². The molecule has 1 aromatic heterocycles. The van der Waals surface area contributed by atoms with E-state index in [0.29, 0.717) is 11.3 Å². The second kappa shape index (κ2) is 4.33. The average Bonchev–Trinajstić information content (AvgIpc) is 2.16. The zero-order valence-electron chi connectivity index (χ0n) is 8.90. The van der Waals surface area contributed by atoms with Crippen molar-refractivity contribution in [1.82, 2.24) is 9.97 Å². The number of nitrogens with zero attached hydrogens (tertiary/aromatic N) is 3. The maximum absolute atomic E-state index is 5.84. The lowest BCUT2D eigenvalue weighted by Crippen LogP contribution is -2.44. The molecule has 82 valence electrons. The molecule has 0 spiro atoms. The molecule has 1 atom stereocenters. The summed E-state index contributed by atoms with van der Waals surface area (Å²) in [5.41, 5.74) is 0.892. The fourth-order valence-electron chi connectivity index (χ4n) is 1.73. The normalized spacial score (nSPS) is 21.8. The molecule has 0 bridgehead atoms. The van der Waals surface area contributed by atoms with Crippen molar-refractivity contribution in [2.24, 2.45) is 0 Å². The van der Waals surface area contributed by atoms with Crippen LogP contribution < -0.4 is 4.90 Å². The topological polar surface area (TPSA) is 38.2 Å². The lowest BCUT2D eigenvalue weighted by atomic mass is 10.2. The van der Waals surface area contributed by atoms with Gasteiger partial charge in [-0.2, -0.15) is 0 Å².